The average molecular weight is 698 g/mol. The van der Waals surface area contributed by atoms with E-state index in [1.807, 2.05) is 5.32 Å². The van der Waals surface area contributed by atoms with Gasteiger partial charge in [0.2, 0.25) is 17.7 Å². The third-order valence-corrected chi connectivity index (χ3v) is 6.49. The zero-order valence-corrected chi connectivity index (χ0v) is 24.0. The molecular formula is C28H21F11N6O3. The molecule has 2 aromatic heterocycles. The molecule has 0 radical (unpaired) electrons. The summed E-state index contributed by atoms with van der Waals surface area (Å²) in [6.45, 7) is -1.21. The highest BCUT2D eigenvalue weighted by atomic mass is 19.4. The quantitative estimate of drug-likeness (QED) is 0.128. The van der Waals surface area contributed by atoms with E-state index >= 15 is 0 Å². The van der Waals surface area contributed by atoms with Crippen molar-refractivity contribution in [2.75, 3.05) is 17.2 Å². The maximum atomic E-state index is 13.8. The van der Waals surface area contributed by atoms with Crippen molar-refractivity contribution in [3.8, 4) is 5.88 Å². The zero-order valence-electron chi connectivity index (χ0n) is 24.0. The molecular weight excluding hydrogens is 677 g/mol. The SMILES string of the molecule is CC(C(=O)NCc1ccc(C(F)(F)F)c(Nc2nc3nc(OCC(F)F)c(C(=O)Nc4ccc(C(F)(F)F)cc4)cc3[nH]2)c1)C(F)(F)F. The third kappa shape index (κ3) is 8.79. The molecule has 1 unspecified atom stereocenters. The van der Waals surface area contributed by atoms with Gasteiger partial charge < -0.3 is 25.7 Å². The van der Waals surface area contributed by atoms with E-state index in [-0.39, 0.29) is 22.4 Å². The number of anilines is 3. The van der Waals surface area contributed by atoms with Crippen LogP contribution in [0.4, 0.5) is 65.6 Å². The van der Waals surface area contributed by atoms with Crippen LogP contribution in [0.5, 0.6) is 5.88 Å². The number of halogens is 11. The molecule has 2 amide bonds. The van der Waals surface area contributed by atoms with Crippen LogP contribution in [0.25, 0.3) is 11.2 Å². The Kier molecular flexibility index (Phi) is 10.0. The number of aromatic amines is 1. The van der Waals surface area contributed by atoms with Gasteiger partial charge in [-0.1, -0.05) is 6.07 Å². The number of alkyl halides is 11. The third-order valence-electron chi connectivity index (χ3n) is 6.49. The number of pyridine rings is 1. The number of ether oxygens (including phenoxy) is 1. The Morgan fingerprint density at radius 2 is 1.56 bits per heavy atom. The minimum atomic E-state index is -4.95. The van der Waals surface area contributed by atoms with Crippen LogP contribution < -0.4 is 20.7 Å². The summed E-state index contributed by atoms with van der Waals surface area (Å²) in [5.41, 5.74) is -4.03. The molecule has 1 atom stereocenters. The van der Waals surface area contributed by atoms with E-state index < -0.39 is 90.0 Å². The number of nitrogens with zero attached hydrogens (tertiary/aromatic N) is 2. The minimum Gasteiger partial charge on any atom is -0.471 e. The van der Waals surface area contributed by atoms with Crippen LogP contribution in [0.15, 0.2) is 48.5 Å². The van der Waals surface area contributed by atoms with Crippen LogP contribution in [0.1, 0.15) is 34.0 Å². The van der Waals surface area contributed by atoms with E-state index in [9.17, 15) is 57.9 Å². The second kappa shape index (κ2) is 13.5. The predicted molar refractivity (Wildman–Crippen MR) is 147 cm³/mol. The van der Waals surface area contributed by atoms with Crippen LogP contribution in [-0.2, 0) is 23.7 Å². The topological polar surface area (TPSA) is 121 Å². The molecule has 0 saturated heterocycles. The van der Waals surface area contributed by atoms with Gasteiger partial charge in [-0.25, -0.2) is 8.78 Å². The predicted octanol–water partition coefficient (Wildman–Crippen LogP) is 7.45. The van der Waals surface area contributed by atoms with E-state index in [0.717, 1.165) is 30.3 Å². The molecule has 4 rings (SSSR count). The molecule has 0 aliphatic carbocycles. The summed E-state index contributed by atoms with van der Waals surface area (Å²) in [7, 11) is 0. The number of hydrogen-bond donors (Lipinski definition) is 4. The van der Waals surface area contributed by atoms with Gasteiger partial charge in [0.25, 0.3) is 12.3 Å². The van der Waals surface area contributed by atoms with E-state index in [4.69, 9.17) is 4.74 Å². The normalized spacial score (nSPS) is 13.0. The zero-order chi connectivity index (χ0) is 35.6. The van der Waals surface area contributed by atoms with Crippen LogP contribution in [0.2, 0.25) is 0 Å². The lowest BCUT2D eigenvalue weighted by Crippen LogP contribution is -2.37. The highest BCUT2D eigenvalue weighted by Crippen LogP contribution is 2.37. The molecule has 0 aliphatic heterocycles. The Balaban J connectivity index is 1.64. The van der Waals surface area contributed by atoms with Gasteiger partial charge in [-0.2, -0.15) is 49.5 Å². The van der Waals surface area contributed by atoms with E-state index in [1.54, 1.807) is 0 Å². The first-order valence-corrected chi connectivity index (χ1v) is 13.3. The minimum absolute atomic E-state index is 0.0348. The molecule has 48 heavy (non-hydrogen) atoms. The fraction of sp³-hybridized carbons (Fsp3) is 0.286. The molecule has 4 aromatic rings. The lowest BCUT2D eigenvalue weighted by Gasteiger charge is -2.17. The van der Waals surface area contributed by atoms with Gasteiger partial charge in [0.1, 0.15) is 11.5 Å². The fourth-order valence-corrected chi connectivity index (χ4v) is 4.01. The van der Waals surface area contributed by atoms with Crippen LogP contribution in [0.3, 0.4) is 0 Å². The lowest BCUT2D eigenvalue weighted by atomic mass is 10.1. The second-order valence-corrected chi connectivity index (χ2v) is 10.0. The van der Waals surface area contributed by atoms with Gasteiger partial charge in [-0.05, 0) is 55.0 Å². The highest BCUT2D eigenvalue weighted by Gasteiger charge is 2.41. The Hall–Kier alpha value is -5.17. The summed E-state index contributed by atoms with van der Waals surface area (Å²) in [4.78, 5) is 35.2. The standard InChI is InChI=1S/C28H21F11N6O3/c1-12(26(31,32)33)22(46)40-10-13-2-7-17(28(37,38)39)18(8-13)42-25-43-19-9-16(24(44-21(19)45-25)48-11-20(29)30)23(47)41-15-5-3-14(4-6-15)27(34,35)36/h2-9,12,20H,10-11H2,1H3,(H,40,46)(H,41,47)(H2,42,43,44,45). The number of benzene rings is 2. The summed E-state index contributed by atoms with van der Waals surface area (Å²) in [6.07, 6.45) is -17.5. The monoisotopic (exact) mass is 698 g/mol. The first-order chi connectivity index (χ1) is 22.2. The highest BCUT2D eigenvalue weighted by molar-refractivity contribution is 6.07. The van der Waals surface area contributed by atoms with Crippen molar-refractivity contribution >= 4 is 40.3 Å². The first kappa shape index (κ1) is 35.7. The Morgan fingerprint density at radius 1 is 0.896 bits per heavy atom. The lowest BCUT2D eigenvalue weighted by molar-refractivity contribution is -0.179. The largest absolute Gasteiger partial charge is 0.471 e. The summed E-state index contributed by atoms with van der Waals surface area (Å²) >= 11 is 0. The molecule has 2 aromatic carbocycles. The molecule has 2 heterocycles. The van der Waals surface area contributed by atoms with Gasteiger partial charge in [0.05, 0.1) is 22.3 Å². The number of fused-ring (bicyclic) bond motifs is 1. The van der Waals surface area contributed by atoms with Crippen molar-refractivity contribution in [1.29, 1.82) is 0 Å². The molecule has 0 aliphatic rings. The molecule has 0 spiro atoms. The van der Waals surface area contributed by atoms with Gasteiger partial charge in [-0.3, -0.25) is 9.59 Å². The van der Waals surface area contributed by atoms with E-state index in [1.165, 1.54) is 0 Å². The number of amides is 2. The maximum absolute atomic E-state index is 13.8. The fourth-order valence-electron chi connectivity index (χ4n) is 4.01. The van der Waals surface area contributed by atoms with E-state index in [0.29, 0.717) is 25.1 Å². The number of rotatable bonds is 10. The second-order valence-electron chi connectivity index (χ2n) is 10.0. The smallest absolute Gasteiger partial charge is 0.418 e. The van der Waals surface area contributed by atoms with Gasteiger partial charge >= 0.3 is 18.5 Å². The molecule has 0 bridgehead atoms. The van der Waals surface area contributed by atoms with Gasteiger partial charge in [-0.15, -0.1) is 0 Å². The van der Waals surface area contributed by atoms with Crippen molar-refractivity contribution in [3.63, 3.8) is 0 Å². The van der Waals surface area contributed by atoms with Crippen molar-refractivity contribution in [2.45, 2.75) is 38.4 Å². The van der Waals surface area contributed by atoms with E-state index in [2.05, 4.69) is 25.6 Å². The number of hydrogen-bond acceptors (Lipinski definition) is 6. The Labute approximate surface area is 261 Å². The summed E-state index contributed by atoms with van der Waals surface area (Å²) in [5, 5.41) is 6.60. The molecule has 258 valence electrons. The number of imidazole rings is 1. The molecule has 0 saturated carbocycles. The Morgan fingerprint density at radius 3 is 2.15 bits per heavy atom. The Bertz CT molecular complexity index is 1790. The van der Waals surface area contributed by atoms with Crippen molar-refractivity contribution < 1.29 is 62.6 Å². The van der Waals surface area contributed by atoms with Crippen LogP contribution in [-0.4, -0.2) is 46.0 Å². The van der Waals surface area contributed by atoms with Crippen molar-refractivity contribution in [2.24, 2.45) is 5.92 Å². The molecule has 0 fully saturated rings. The van der Waals surface area contributed by atoms with Crippen LogP contribution >= 0.6 is 0 Å². The number of nitrogens with one attached hydrogen (secondary N) is 4. The van der Waals surface area contributed by atoms with Gasteiger partial charge in [0.15, 0.2) is 12.3 Å². The molecule has 20 heteroatoms. The van der Waals surface area contributed by atoms with Crippen molar-refractivity contribution in [1.82, 2.24) is 20.3 Å². The summed E-state index contributed by atoms with van der Waals surface area (Å²) in [6, 6.07) is 6.65. The van der Waals surface area contributed by atoms with Gasteiger partial charge in [0, 0.05) is 12.2 Å². The maximum Gasteiger partial charge on any atom is 0.418 e. The summed E-state index contributed by atoms with van der Waals surface area (Å²) < 4.78 is 149. The van der Waals surface area contributed by atoms with Crippen LogP contribution in [0, 0.1) is 5.92 Å². The molecule has 9 nitrogen and oxygen atoms in total. The number of H-pyrrole nitrogens is 1. The average Bonchev–Trinajstić information content (AvgIpc) is 3.37. The first-order valence-electron chi connectivity index (χ1n) is 13.3. The van der Waals surface area contributed by atoms with Crippen molar-refractivity contribution in [3.05, 3.63) is 70.8 Å². The number of carbonyl (C=O) groups excluding carboxylic acids is 2. The summed E-state index contributed by atoms with van der Waals surface area (Å²) in [5.74, 6) is -5.97. The molecule has 4 N–H and O–H groups in total. The number of aromatic nitrogens is 3. The number of carbonyl (C=O) groups is 2.